The first-order valence-electron chi connectivity index (χ1n) is 54.6. The van der Waals surface area contributed by atoms with Crippen molar-refractivity contribution in [3.8, 4) is 33.4 Å². The van der Waals surface area contributed by atoms with E-state index in [0.717, 1.165) is 45.3 Å². The van der Waals surface area contributed by atoms with Gasteiger partial charge in [0, 0.05) is 0 Å². The van der Waals surface area contributed by atoms with Crippen molar-refractivity contribution in [2.75, 3.05) is 0 Å². The van der Waals surface area contributed by atoms with Crippen LogP contribution in [0.25, 0.3) is 120 Å². The fourth-order valence-corrected chi connectivity index (χ4v) is 26.2. The van der Waals surface area contributed by atoms with E-state index in [1.54, 1.807) is 0 Å². The summed E-state index contributed by atoms with van der Waals surface area (Å²) in [7, 11) is 0. The number of hydrogen-bond donors (Lipinski definition) is 0. The molecule has 0 N–H and O–H groups in total. The lowest BCUT2D eigenvalue weighted by molar-refractivity contribution is -0.176. The third-order valence-electron chi connectivity index (χ3n) is 33.5. The third-order valence-corrected chi connectivity index (χ3v) is 33.5. The quantitative estimate of drug-likeness (QED) is 0.105. The van der Waals surface area contributed by atoms with Crippen molar-refractivity contribution in [3.63, 3.8) is 0 Å². The van der Waals surface area contributed by atoms with E-state index in [2.05, 4.69) is 480 Å². The van der Waals surface area contributed by atoms with Crippen LogP contribution in [0.5, 0.6) is 0 Å². The van der Waals surface area contributed by atoms with Crippen molar-refractivity contribution < 1.29 is 0 Å². The van der Waals surface area contributed by atoms with Gasteiger partial charge in [0.25, 0.3) is 0 Å². The van der Waals surface area contributed by atoms with Crippen LogP contribution >= 0.6 is 0 Å². The van der Waals surface area contributed by atoms with E-state index in [9.17, 15) is 0 Å². The van der Waals surface area contributed by atoms with E-state index in [4.69, 9.17) is 0 Å². The van der Waals surface area contributed by atoms with Crippen LogP contribution < -0.4 is 0 Å². The maximum absolute atomic E-state index is 2.48. The number of benzene rings is 19. The first-order chi connectivity index (χ1) is 69.3. The molecule has 0 atom stereocenters. The molecule has 145 heavy (non-hydrogen) atoms. The highest BCUT2D eigenvalue weighted by atomic mass is 14.7. The number of fused-ring (bicyclic) bond motifs is 21. The van der Waals surface area contributed by atoms with Crippen LogP contribution in [0.15, 0.2) is 328 Å². The molecule has 738 valence electrons. The summed E-state index contributed by atoms with van der Waals surface area (Å²) in [6.07, 6.45) is 25.6. The average molecular weight is 1900 g/mol. The molecule has 0 aliphatic heterocycles. The van der Waals surface area contributed by atoms with Gasteiger partial charge in [-0.05, 0) is 442 Å². The lowest BCUT2D eigenvalue weighted by Crippen LogP contribution is -2.57. The Bertz CT molecular complexity index is 7370. The number of aryl methyl sites for hydroxylation is 20. The predicted octanol–water partition coefficient (Wildman–Crippen LogP) is 41.2. The molecule has 0 heterocycles. The molecule has 8 saturated carbocycles. The first kappa shape index (κ1) is 102. The summed E-state index contributed by atoms with van der Waals surface area (Å²) in [5, 5.41) is 21.3. The zero-order valence-corrected chi connectivity index (χ0v) is 91.6. The van der Waals surface area contributed by atoms with Crippen LogP contribution in [0.3, 0.4) is 0 Å². The van der Waals surface area contributed by atoms with Crippen LogP contribution in [0.4, 0.5) is 0 Å². The van der Waals surface area contributed by atoms with Crippen molar-refractivity contribution in [2.24, 2.45) is 38.9 Å². The van der Waals surface area contributed by atoms with E-state index in [1.807, 2.05) is 0 Å². The van der Waals surface area contributed by atoms with Gasteiger partial charge in [-0.15, -0.1) is 0 Å². The SMILES string of the molecule is CC12CC(C)(C1)C2.CC12CCC(C)(CC1)CC2.CC1CC2(C1)CC(C)C2.Cc1ccc2c(c1)CCc1cc(C)ccc1-2.Cc1ccc2c(c1)CCc1cc(C)ccc1-2.Cc1ccc2c(c1)Cc1cc(C)ccc1-2.Cc1ccc2c(ccc3cc(C)ccc32)c1.Cc1ccc2cc(C)ccc2c1.Cc1ccc2cc3cc(C)ccc3cc2c1.Cc1ccc2cc3ccc(C)cc3cc2c1.Cc1ccc2ccc(C)cc2c1. The monoisotopic (exact) mass is 1900 g/mol. The molecule has 0 saturated heterocycles. The number of hydrogen-bond acceptors (Lipinski definition) is 0. The number of rotatable bonds is 0. The highest BCUT2D eigenvalue weighted by Gasteiger charge is 2.61. The maximum atomic E-state index is 2.48. The molecule has 0 nitrogen and oxygen atoms in total. The fraction of sp³-hybridized carbons (Fsp3) is 0.324. The van der Waals surface area contributed by atoms with Gasteiger partial charge in [0.15, 0.2) is 0 Å². The van der Waals surface area contributed by atoms with E-state index in [-0.39, 0.29) is 0 Å². The van der Waals surface area contributed by atoms with Gasteiger partial charge in [-0.2, -0.15) is 0 Å². The molecular formula is C145H158. The van der Waals surface area contributed by atoms with Crippen molar-refractivity contribution in [1.29, 1.82) is 0 Å². The summed E-state index contributed by atoms with van der Waals surface area (Å²) < 4.78 is 0. The molecule has 0 radical (unpaired) electrons. The minimum atomic E-state index is 0.762. The van der Waals surface area contributed by atoms with Gasteiger partial charge in [-0.3, -0.25) is 0 Å². The molecule has 30 rings (SSSR count). The first-order valence-corrected chi connectivity index (χ1v) is 54.6. The maximum Gasteiger partial charge on any atom is -0.00133 e. The second-order valence-corrected chi connectivity index (χ2v) is 48.3. The largest absolute Gasteiger partial charge is 0.0625 e. The molecule has 11 aliphatic carbocycles. The van der Waals surface area contributed by atoms with Crippen molar-refractivity contribution in [3.05, 3.63) is 450 Å². The summed E-state index contributed by atoms with van der Waals surface area (Å²) in [5.74, 6) is 2.11. The molecule has 8 fully saturated rings. The lowest BCUT2D eigenvalue weighted by Gasteiger charge is -2.68. The highest BCUT2D eigenvalue weighted by Crippen LogP contribution is 2.72. The van der Waals surface area contributed by atoms with Gasteiger partial charge >= 0.3 is 0 Å². The molecule has 4 bridgehead atoms. The summed E-state index contributed by atoms with van der Waals surface area (Å²) in [6, 6.07) is 120. The topological polar surface area (TPSA) is 0 Å². The van der Waals surface area contributed by atoms with Crippen molar-refractivity contribution in [1.82, 2.24) is 0 Å². The average Bonchev–Trinajstić information content (AvgIpc) is 0.852. The zero-order valence-electron chi connectivity index (χ0n) is 91.6. The van der Waals surface area contributed by atoms with E-state index < -0.39 is 0 Å². The van der Waals surface area contributed by atoms with E-state index in [0.29, 0.717) is 0 Å². The lowest BCUT2D eigenvalue weighted by atomic mass is 9.37. The molecule has 0 unspecified atom stereocenters. The highest BCUT2D eigenvalue weighted by molar-refractivity contribution is 6.08. The third kappa shape index (κ3) is 24.8. The Balaban J connectivity index is 0.000000105. The zero-order chi connectivity index (χ0) is 102. The Hall–Kier alpha value is -12.7. The van der Waals surface area contributed by atoms with Crippen LogP contribution in [0.2, 0.25) is 0 Å². The second kappa shape index (κ2) is 43.1. The Morgan fingerprint density at radius 2 is 0.338 bits per heavy atom. The molecule has 19 aromatic rings. The summed E-state index contributed by atoms with van der Waals surface area (Å²) in [5.41, 5.74) is 43.1. The molecule has 0 heteroatoms. The van der Waals surface area contributed by atoms with Gasteiger partial charge in [0.1, 0.15) is 0 Å². The molecule has 0 aromatic heterocycles. The van der Waals surface area contributed by atoms with Crippen LogP contribution in [-0.4, -0.2) is 0 Å². The Kier molecular flexibility index (Phi) is 30.4. The van der Waals surface area contributed by atoms with Crippen LogP contribution in [0.1, 0.15) is 247 Å². The van der Waals surface area contributed by atoms with E-state index >= 15 is 0 Å². The molecule has 19 aromatic carbocycles. The predicted molar refractivity (Wildman–Crippen MR) is 635 cm³/mol. The Morgan fingerprint density at radius 1 is 0.166 bits per heavy atom. The van der Waals surface area contributed by atoms with Gasteiger partial charge in [0.05, 0.1) is 0 Å². The molecule has 11 aliphatic rings. The van der Waals surface area contributed by atoms with Crippen LogP contribution in [0, 0.1) is 150 Å². The second-order valence-electron chi connectivity index (χ2n) is 48.3. The molecule has 1 spiro atoms. The summed E-state index contributed by atoms with van der Waals surface area (Å²) in [4.78, 5) is 0. The smallest absolute Gasteiger partial charge is 0.00133 e. The minimum absolute atomic E-state index is 0.762. The Labute approximate surface area is 870 Å². The molecule has 0 amide bonds. The van der Waals surface area contributed by atoms with Gasteiger partial charge in [-0.25, -0.2) is 0 Å². The minimum Gasteiger partial charge on any atom is -0.0625 e. The van der Waals surface area contributed by atoms with Gasteiger partial charge in [-0.1, -0.05) is 434 Å². The van der Waals surface area contributed by atoms with E-state index in [1.165, 1.54) is 351 Å². The van der Waals surface area contributed by atoms with Gasteiger partial charge in [0.2, 0.25) is 0 Å². The fourth-order valence-electron chi connectivity index (χ4n) is 26.2. The van der Waals surface area contributed by atoms with Crippen molar-refractivity contribution in [2.45, 2.75) is 268 Å². The van der Waals surface area contributed by atoms with Gasteiger partial charge < -0.3 is 0 Å². The Morgan fingerprint density at radius 3 is 0.579 bits per heavy atom. The normalized spacial score (nSPS) is 20.0. The summed E-state index contributed by atoms with van der Waals surface area (Å²) in [6.45, 7) is 48.9. The van der Waals surface area contributed by atoms with Crippen LogP contribution in [-0.2, 0) is 32.1 Å². The molecular weight excluding hydrogens is 1740 g/mol. The van der Waals surface area contributed by atoms with Crippen molar-refractivity contribution >= 4 is 86.2 Å². The standard InChI is InChI=1S/2C16H16.3C16H14.C15H14.2C12H12.C10H18.C9H16.C7H12/c3*1-11-3-7-15-13(9-11)5-6-14-10-12(2)4-8-16(14)15;1-11-3-5-13-10-16-8-12(2)4-6-14(16)9-15(13)7-11;1-11-3-5-13-9-14-6-4-12(2)8-16(14)10-15(13)7-11;1-10-3-5-14-12(7-10)9-13-8-11(2)4-6-15(13)14;1-9-3-5-12-8-10(2)4-6-11(12)7-9;1-9-3-5-11-6-4-10(2)8-12(11)7-9;1-9-3-6-10(2,7-4-9)8-5-9;1-7-3-9(4-7)5-8(2)6-9;1-6-3-7(2,4-6)5-6/h2*3-4,7-10H,5-6H2,1-2H3;3*3-10H,1-2H3;3-8H,9H2,1-2H3;2*3-8H,1-2H3;3-8H2,1-2H3;7-8H,3-6H2,1-2H3;3-5H2,1-2H3. The summed E-state index contributed by atoms with van der Waals surface area (Å²) >= 11 is 0.